The number of anilines is 1. The Bertz CT molecular complexity index is 583. The Morgan fingerprint density at radius 2 is 2.33 bits per heavy atom. The van der Waals surface area contributed by atoms with E-state index in [1.807, 2.05) is 12.3 Å². The summed E-state index contributed by atoms with van der Waals surface area (Å²) in [4.78, 5) is 4.80. The molecular formula is C15H21N3. The average Bonchev–Trinajstić information content (AvgIpc) is 2.68. The molecule has 1 aliphatic rings. The molecule has 3 rings (SSSR count). The quantitative estimate of drug-likeness (QED) is 0.880. The van der Waals surface area contributed by atoms with E-state index in [9.17, 15) is 0 Å². The summed E-state index contributed by atoms with van der Waals surface area (Å²) in [5, 5.41) is 0. The molecule has 96 valence electrons. The molecule has 3 heteroatoms. The largest absolute Gasteiger partial charge is 0.398 e. The van der Waals surface area contributed by atoms with Crippen molar-refractivity contribution in [3.05, 3.63) is 29.2 Å². The maximum Gasteiger partial charge on any atom is 0.140 e. The number of nitrogens with two attached hydrogens (primary N) is 1. The lowest BCUT2D eigenvalue weighted by atomic mass is 9.87. The van der Waals surface area contributed by atoms with Gasteiger partial charge in [0.25, 0.3) is 0 Å². The number of aromatic nitrogens is 2. The van der Waals surface area contributed by atoms with E-state index >= 15 is 0 Å². The topological polar surface area (TPSA) is 43.3 Å². The maximum atomic E-state index is 5.96. The molecule has 0 fully saturated rings. The highest BCUT2D eigenvalue weighted by atomic mass is 15.0. The number of nitrogens with zero attached hydrogens (tertiary/aromatic N) is 2. The van der Waals surface area contributed by atoms with Gasteiger partial charge in [-0.05, 0) is 43.7 Å². The normalized spacial score (nSPS) is 19.1. The van der Waals surface area contributed by atoms with Gasteiger partial charge in [-0.25, -0.2) is 4.98 Å². The summed E-state index contributed by atoms with van der Waals surface area (Å²) in [5.74, 6) is 0.823. The molecule has 0 saturated carbocycles. The lowest BCUT2D eigenvalue weighted by Gasteiger charge is -2.21. The van der Waals surface area contributed by atoms with Gasteiger partial charge in [0.2, 0.25) is 0 Å². The minimum Gasteiger partial charge on any atom is -0.398 e. The van der Waals surface area contributed by atoms with Crippen LogP contribution in [0, 0.1) is 12.8 Å². The van der Waals surface area contributed by atoms with Gasteiger partial charge in [-0.15, -0.1) is 0 Å². The molecule has 2 aromatic rings. The molecule has 2 N–H and O–H groups in total. The fourth-order valence-electron chi connectivity index (χ4n) is 3.22. The van der Waals surface area contributed by atoms with Crippen LogP contribution in [-0.4, -0.2) is 9.38 Å². The van der Waals surface area contributed by atoms with Gasteiger partial charge >= 0.3 is 0 Å². The number of hydrogen-bond acceptors (Lipinski definition) is 2. The van der Waals surface area contributed by atoms with Crippen molar-refractivity contribution in [2.75, 3.05) is 5.73 Å². The van der Waals surface area contributed by atoms with Gasteiger partial charge in [0.15, 0.2) is 0 Å². The minimum atomic E-state index is 0.823. The van der Waals surface area contributed by atoms with E-state index in [1.165, 1.54) is 36.2 Å². The average molecular weight is 243 g/mol. The summed E-state index contributed by atoms with van der Waals surface area (Å²) in [6.07, 6.45) is 8.21. The molecule has 0 bridgehead atoms. The number of pyridine rings is 1. The number of hydrogen-bond donors (Lipinski definition) is 1. The van der Waals surface area contributed by atoms with Crippen LogP contribution in [0.4, 0.5) is 5.69 Å². The first-order valence-corrected chi connectivity index (χ1v) is 6.95. The van der Waals surface area contributed by atoms with Crippen molar-refractivity contribution in [2.45, 2.75) is 46.0 Å². The SMILES string of the molecule is CCCC1CCc2nc3c(C)cc(N)cn3c2C1. The van der Waals surface area contributed by atoms with Crippen molar-refractivity contribution in [1.29, 1.82) is 0 Å². The van der Waals surface area contributed by atoms with Gasteiger partial charge in [-0.1, -0.05) is 19.8 Å². The minimum absolute atomic E-state index is 0.823. The zero-order chi connectivity index (χ0) is 12.7. The van der Waals surface area contributed by atoms with Crippen LogP contribution in [0.5, 0.6) is 0 Å². The molecule has 0 radical (unpaired) electrons. The third-order valence-corrected chi connectivity index (χ3v) is 4.08. The van der Waals surface area contributed by atoms with Gasteiger partial charge in [0, 0.05) is 17.6 Å². The number of nitrogen functional groups attached to an aromatic ring is 1. The smallest absolute Gasteiger partial charge is 0.140 e. The van der Waals surface area contributed by atoms with Gasteiger partial charge in [0.05, 0.1) is 5.69 Å². The summed E-state index contributed by atoms with van der Waals surface area (Å²) in [6, 6.07) is 2.01. The Morgan fingerprint density at radius 1 is 1.50 bits per heavy atom. The highest BCUT2D eigenvalue weighted by Gasteiger charge is 2.23. The Hall–Kier alpha value is -1.51. The molecular weight excluding hydrogens is 222 g/mol. The van der Waals surface area contributed by atoms with Crippen LogP contribution in [0.25, 0.3) is 5.65 Å². The third-order valence-electron chi connectivity index (χ3n) is 4.08. The molecule has 3 nitrogen and oxygen atoms in total. The third kappa shape index (κ3) is 1.78. The van der Waals surface area contributed by atoms with Gasteiger partial charge in [-0.3, -0.25) is 0 Å². The van der Waals surface area contributed by atoms with Gasteiger partial charge in [0.1, 0.15) is 5.65 Å². The highest BCUT2D eigenvalue weighted by molar-refractivity contribution is 5.57. The first-order valence-electron chi connectivity index (χ1n) is 6.95. The van der Waals surface area contributed by atoms with Crippen molar-refractivity contribution < 1.29 is 0 Å². The molecule has 18 heavy (non-hydrogen) atoms. The number of imidazole rings is 1. The molecule has 0 saturated heterocycles. The van der Waals surface area contributed by atoms with Crippen LogP contribution >= 0.6 is 0 Å². The fraction of sp³-hybridized carbons (Fsp3) is 0.533. The van der Waals surface area contributed by atoms with E-state index in [0.717, 1.165) is 30.1 Å². The van der Waals surface area contributed by atoms with Crippen molar-refractivity contribution in [3.8, 4) is 0 Å². The number of aryl methyl sites for hydroxylation is 2. The monoisotopic (exact) mass is 243 g/mol. The van der Waals surface area contributed by atoms with E-state index in [0.29, 0.717) is 0 Å². The molecule has 0 aromatic carbocycles. The highest BCUT2D eigenvalue weighted by Crippen LogP contribution is 2.30. The van der Waals surface area contributed by atoms with E-state index in [-0.39, 0.29) is 0 Å². The first kappa shape index (κ1) is 11.6. The van der Waals surface area contributed by atoms with E-state index in [2.05, 4.69) is 18.2 Å². The van der Waals surface area contributed by atoms with Crippen molar-refractivity contribution in [1.82, 2.24) is 9.38 Å². The summed E-state index contributed by atoms with van der Waals surface area (Å²) < 4.78 is 2.22. The van der Waals surface area contributed by atoms with Crippen LogP contribution < -0.4 is 5.73 Å². The van der Waals surface area contributed by atoms with Crippen LogP contribution in [0.2, 0.25) is 0 Å². The standard InChI is InChI=1S/C15H21N3/c1-3-4-11-5-6-13-14(8-11)18-9-12(16)7-10(2)15(18)17-13/h7,9,11H,3-6,8,16H2,1-2H3. The Labute approximate surface area is 108 Å². The van der Waals surface area contributed by atoms with Crippen LogP contribution in [-0.2, 0) is 12.8 Å². The lowest BCUT2D eigenvalue weighted by Crippen LogP contribution is -2.15. The van der Waals surface area contributed by atoms with E-state index in [4.69, 9.17) is 10.7 Å². The number of fused-ring (bicyclic) bond motifs is 3. The van der Waals surface area contributed by atoms with Gasteiger partial charge < -0.3 is 10.1 Å². The van der Waals surface area contributed by atoms with Crippen LogP contribution in [0.3, 0.4) is 0 Å². The molecule has 1 atom stereocenters. The molecule has 1 unspecified atom stereocenters. The molecule has 1 aliphatic carbocycles. The zero-order valence-electron chi connectivity index (χ0n) is 11.2. The van der Waals surface area contributed by atoms with Gasteiger partial charge in [-0.2, -0.15) is 0 Å². The molecule has 2 aromatic heterocycles. The summed E-state index contributed by atoms with van der Waals surface area (Å²) >= 11 is 0. The van der Waals surface area contributed by atoms with Crippen LogP contribution in [0.1, 0.15) is 43.1 Å². The molecule has 0 aliphatic heterocycles. The lowest BCUT2D eigenvalue weighted by molar-refractivity contribution is 0.414. The maximum absolute atomic E-state index is 5.96. The van der Waals surface area contributed by atoms with Crippen molar-refractivity contribution >= 4 is 11.3 Å². The van der Waals surface area contributed by atoms with Crippen molar-refractivity contribution in [2.24, 2.45) is 5.92 Å². The Kier molecular flexibility index (Phi) is 2.77. The molecule has 0 amide bonds. The van der Waals surface area contributed by atoms with Crippen LogP contribution in [0.15, 0.2) is 12.3 Å². The predicted molar refractivity (Wildman–Crippen MR) is 74.8 cm³/mol. The zero-order valence-corrected chi connectivity index (χ0v) is 11.2. The van der Waals surface area contributed by atoms with E-state index in [1.54, 1.807) is 0 Å². The number of rotatable bonds is 2. The first-order chi connectivity index (χ1) is 8.69. The second-order valence-electron chi connectivity index (χ2n) is 5.55. The second-order valence-corrected chi connectivity index (χ2v) is 5.55. The van der Waals surface area contributed by atoms with E-state index < -0.39 is 0 Å². The predicted octanol–water partition coefficient (Wildman–Crippen LogP) is 3.13. The summed E-state index contributed by atoms with van der Waals surface area (Å²) in [6.45, 7) is 4.36. The van der Waals surface area contributed by atoms with Crippen molar-refractivity contribution in [3.63, 3.8) is 0 Å². The molecule has 2 heterocycles. The molecule has 0 spiro atoms. The summed E-state index contributed by atoms with van der Waals surface area (Å²) in [5.41, 5.74) is 11.7. The summed E-state index contributed by atoms with van der Waals surface area (Å²) in [7, 11) is 0. The second kappa shape index (κ2) is 4.30. The fourth-order valence-corrected chi connectivity index (χ4v) is 3.22. The Balaban J connectivity index is 2.09. The Morgan fingerprint density at radius 3 is 3.11 bits per heavy atom.